The number of hydrogen-bond acceptors (Lipinski definition) is 3. The summed E-state index contributed by atoms with van der Waals surface area (Å²) in [6.07, 6.45) is 1.05. The van der Waals surface area contributed by atoms with E-state index in [2.05, 4.69) is 18.9 Å². The summed E-state index contributed by atoms with van der Waals surface area (Å²) in [6, 6.07) is 10.5. The van der Waals surface area contributed by atoms with Crippen LogP contribution in [0.2, 0.25) is 0 Å². The highest BCUT2D eigenvalue weighted by Crippen LogP contribution is 2.22. The molecule has 0 radical (unpaired) electrons. The lowest BCUT2D eigenvalue weighted by atomic mass is 10.0. The molecule has 1 atom stereocenters. The van der Waals surface area contributed by atoms with Crippen molar-refractivity contribution in [2.45, 2.75) is 13.3 Å². The van der Waals surface area contributed by atoms with Gasteiger partial charge in [-0.05, 0) is 61.0 Å². The van der Waals surface area contributed by atoms with Gasteiger partial charge in [0.15, 0.2) is 0 Å². The number of hydrogen-bond donors (Lipinski definition) is 1. The Morgan fingerprint density at radius 3 is 2.44 bits per heavy atom. The van der Waals surface area contributed by atoms with Crippen molar-refractivity contribution in [2.24, 2.45) is 5.92 Å². The Balaban J connectivity index is 1.74. The van der Waals surface area contributed by atoms with E-state index in [1.54, 1.807) is 24.3 Å². The third kappa shape index (κ3) is 3.82. The second-order valence-corrected chi connectivity index (χ2v) is 6.84. The van der Waals surface area contributed by atoms with Gasteiger partial charge in [0.25, 0.3) is 5.91 Å². The SMILES string of the molecule is CCN(C)CC1CCN(C(=O)c2ccc3cc(C(=O)O)ccc3c2)C1. The smallest absolute Gasteiger partial charge is 0.335 e. The van der Waals surface area contributed by atoms with E-state index in [4.69, 9.17) is 5.11 Å². The van der Waals surface area contributed by atoms with Gasteiger partial charge in [0, 0.05) is 25.2 Å². The van der Waals surface area contributed by atoms with Gasteiger partial charge in [0.1, 0.15) is 0 Å². The van der Waals surface area contributed by atoms with Crippen molar-refractivity contribution in [3.8, 4) is 0 Å². The number of nitrogens with zero attached hydrogens (tertiary/aromatic N) is 2. The van der Waals surface area contributed by atoms with Crippen LogP contribution in [0.5, 0.6) is 0 Å². The molecule has 0 aliphatic carbocycles. The van der Waals surface area contributed by atoms with Crippen LogP contribution in [0.3, 0.4) is 0 Å². The number of fused-ring (bicyclic) bond motifs is 1. The van der Waals surface area contributed by atoms with Crippen molar-refractivity contribution in [2.75, 3.05) is 33.2 Å². The largest absolute Gasteiger partial charge is 0.478 e. The Bertz CT molecular complexity index is 803. The maximum Gasteiger partial charge on any atom is 0.335 e. The molecule has 5 nitrogen and oxygen atoms in total. The Morgan fingerprint density at radius 1 is 1.16 bits per heavy atom. The van der Waals surface area contributed by atoms with E-state index < -0.39 is 5.97 Å². The van der Waals surface area contributed by atoms with E-state index in [0.29, 0.717) is 11.5 Å². The zero-order valence-corrected chi connectivity index (χ0v) is 14.7. The zero-order valence-electron chi connectivity index (χ0n) is 14.7. The van der Waals surface area contributed by atoms with Crippen LogP contribution in [-0.2, 0) is 0 Å². The standard InChI is InChI=1S/C20H24N2O3/c1-3-21(2)12-14-8-9-22(13-14)19(23)17-6-4-16-11-18(20(24)25)7-5-15(16)10-17/h4-7,10-11,14H,3,8-9,12-13H2,1-2H3,(H,24,25). The van der Waals surface area contributed by atoms with Crippen LogP contribution in [0.15, 0.2) is 36.4 Å². The lowest BCUT2D eigenvalue weighted by molar-refractivity contribution is 0.0696. The van der Waals surface area contributed by atoms with Crippen molar-refractivity contribution in [1.82, 2.24) is 9.80 Å². The number of rotatable bonds is 5. The predicted octanol–water partition coefficient (Wildman–Crippen LogP) is 2.95. The third-order valence-electron chi connectivity index (χ3n) is 5.02. The Morgan fingerprint density at radius 2 is 1.80 bits per heavy atom. The molecule has 1 N–H and O–H groups in total. The number of benzene rings is 2. The predicted molar refractivity (Wildman–Crippen MR) is 98.1 cm³/mol. The fourth-order valence-corrected chi connectivity index (χ4v) is 3.43. The molecule has 2 aromatic rings. The highest BCUT2D eigenvalue weighted by atomic mass is 16.4. The highest BCUT2D eigenvalue weighted by Gasteiger charge is 2.27. The maximum atomic E-state index is 12.8. The molecule has 1 amide bonds. The van der Waals surface area contributed by atoms with Crippen LogP contribution in [0.4, 0.5) is 0 Å². The molecule has 0 aromatic heterocycles. The summed E-state index contributed by atoms with van der Waals surface area (Å²) in [5.41, 5.74) is 0.925. The fourth-order valence-electron chi connectivity index (χ4n) is 3.43. The molecule has 25 heavy (non-hydrogen) atoms. The number of carboxylic acids is 1. The molecule has 1 unspecified atom stereocenters. The van der Waals surface area contributed by atoms with Crippen molar-refractivity contribution >= 4 is 22.6 Å². The molecule has 3 rings (SSSR count). The highest BCUT2D eigenvalue weighted by molar-refractivity contribution is 6.00. The van der Waals surface area contributed by atoms with Gasteiger partial charge in [-0.15, -0.1) is 0 Å². The normalized spacial score (nSPS) is 17.4. The molecule has 0 saturated carbocycles. The Hall–Kier alpha value is -2.40. The van der Waals surface area contributed by atoms with Gasteiger partial charge in [-0.25, -0.2) is 4.79 Å². The van der Waals surface area contributed by atoms with Crippen molar-refractivity contribution in [3.63, 3.8) is 0 Å². The van der Waals surface area contributed by atoms with Crippen LogP contribution in [-0.4, -0.2) is 60.0 Å². The molecule has 1 aliphatic heterocycles. The molecular formula is C20H24N2O3. The van der Waals surface area contributed by atoms with Crippen LogP contribution < -0.4 is 0 Å². The monoisotopic (exact) mass is 340 g/mol. The van der Waals surface area contributed by atoms with Gasteiger partial charge in [0.2, 0.25) is 0 Å². The van der Waals surface area contributed by atoms with Gasteiger partial charge >= 0.3 is 5.97 Å². The summed E-state index contributed by atoms with van der Waals surface area (Å²) in [7, 11) is 2.11. The lowest BCUT2D eigenvalue weighted by Crippen LogP contribution is -2.31. The molecular weight excluding hydrogens is 316 g/mol. The summed E-state index contributed by atoms with van der Waals surface area (Å²) >= 11 is 0. The number of likely N-dealkylation sites (tertiary alicyclic amines) is 1. The Labute approximate surface area is 147 Å². The number of aromatic carboxylic acids is 1. The second kappa shape index (κ2) is 7.23. The third-order valence-corrected chi connectivity index (χ3v) is 5.02. The second-order valence-electron chi connectivity index (χ2n) is 6.84. The number of carbonyl (C=O) groups excluding carboxylic acids is 1. The minimum Gasteiger partial charge on any atom is -0.478 e. The zero-order chi connectivity index (χ0) is 18.0. The summed E-state index contributed by atoms with van der Waals surface area (Å²) in [6.45, 7) is 5.79. The molecule has 1 saturated heterocycles. The van der Waals surface area contributed by atoms with Gasteiger partial charge in [-0.3, -0.25) is 4.79 Å². The average Bonchev–Trinajstić information content (AvgIpc) is 3.08. The van der Waals surface area contributed by atoms with E-state index in [1.807, 2.05) is 17.0 Å². The minimum absolute atomic E-state index is 0.0610. The van der Waals surface area contributed by atoms with E-state index in [9.17, 15) is 9.59 Å². The molecule has 0 spiro atoms. The van der Waals surface area contributed by atoms with E-state index in [-0.39, 0.29) is 11.5 Å². The first-order valence-corrected chi connectivity index (χ1v) is 8.73. The van der Waals surface area contributed by atoms with E-state index in [1.165, 1.54) is 0 Å². The maximum absolute atomic E-state index is 12.8. The number of carbonyl (C=O) groups is 2. The minimum atomic E-state index is -0.942. The lowest BCUT2D eigenvalue weighted by Gasteiger charge is -2.20. The summed E-state index contributed by atoms with van der Waals surface area (Å²) in [4.78, 5) is 28.1. The summed E-state index contributed by atoms with van der Waals surface area (Å²) in [5.74, 6) is -0.347. The van der Waals surface area contributed by atoms with Crippen LogP contribution >= 0.6 is 0 Å². The quantitative estimate of drug-likeness (QED) is 0.909. The van der Waals surface area contributed by atoms with Crippen LogP contribution in [0.1, 0.15) is 34.1 Å². The topological polar surface area (TPSA) is 60.9 Å². The van der Waals surface area contributed by atoms with Crippen LogP contribution in [0.25, 0.3) is 10.8 Å². The molecule has 0 bridgehead atoms. The molecule has 5 heteroatoms. The van der Waals surface area contributed by atoms with Gasteiger partial charge in [0.05, 0.1) is 5.56 Å². The van der Waals surface area contributed by atoms with Crippen molar-refractivity contribution < 1.29 is 14.7 Å². The van der Waals surface area contributed by atoms with E-state index in [0.717, 1.165) is 43.4 Å². The Kier molecular flexibility index (Phi) is 5.04. The summed E-state index contributed by atoms with van der Waals surface area (Å²) < 4.78 is 0. The first-order valence-electron chi connectivity index (χ1n) is 8.73. The molecule has 1 fully saturated rings. The fraction of sp³-hybridized carbons (Fsp3) is 0.400. The summed E-state index contributed by atoms with van der Waals surface area (Å²) in [5, 5.41) is 10.8. The van der Waals surface area contributed by atoms with Gasteiger partial charge < -0.3 is 14.9 Å². The van der Waals surface area contributed by atoms with E-state index >= 15 is 0 Å². The molecule has 1 aliphatic rings. The van der Waals surface area contributed by atoms with Crippen molar-refractivity contribution in [3.05, 3.63) is 47.5 Å². The molecule has 2 aromatic carbocycles. The first kappa shape index (κ1) is 17.4. The van der Waals surface area contributed by atoms with Gasteiger partial charge in [-0.2, -0.15) is 0 Å². The van der Waals surface area contributed by atoms with Gasteiger partial charge in [-0.1, -0.05) is 19.1 Å². The first-order chi connectivity index (χ1) is 12.0. The molecule has 132 valence electrons. The van der Waals surface area contributed by atoms with Crippen molar-refractivity contribution in [1.29, 1.82) is 0 Å². The molecule has 1 heterocycles. The number of carboxylic acid groups (broad SMARTS) is 1. The van der Waals surface area contributed by atoms with Crippen LogP contribution in [0, 0.1) is 5.92 Å². The number of amides is 1. The average molecular weight is 340 g/mol.